The Bertz CT molecular complexity index is 731. The summed E-state index contributed by atoms with van der Waals surface area (Å²) in [6, 6.07) is -0.648. The lowest BCUT2D eigenvalue weighted by Gasteiger charge is -2.17. The van der Waals surface area contributed by atoms with E-state index in [1.807, 2.05) is 0 Å². The first-order valence-electron chi connectivity index (χ1n) is 7.33. The van der Waals surface area contributed by atoms with Crippen LogP contribution in [0.1, 0.15) is 25.1 Å². The van der Waals surface area contributed by atoms with Gasteiger partial charge in [0.2, 0.25) is 0 Å². The highest BCUT2D eigenvalue weighted by Gasteiger charge is 2.24. The maximum atomic E-state index is 11.8. The number of nitrogens with zero attached hydrogens (tertiary/aromatic N) is 1. The van der Waals surface area contributed by atoms with Crippen LogP contribution in [0.15, 0.2) is 27.9 Å². The van der Waals surface area contributed by atoms with Crippen molar-refractivity contribution in [2.75, 3.05) is 6.61 Å². The summed E-state index contributed by atoms with van der Waals surface area (Å²) in [5, 5.41) is 0. The van der Waals surface area contributed by atoms with Crippen molar-refractivity contribution in [3.05, 3.63) is 44.8 Å². The molecule has 24 heavy (non-hydrogen) atoms. The lowest BCUT2D eigenvalue weighted by atomic mass is 10.2. The van der Waals surface area contributed by atoms with Gasteiger partial charge in [-0.05, 0) is 19.4 Å². The Labute approximate surface area is 139 Å². The molecule has 1 aliphatic heterocycles. The van der Waals surface area contributed by atoms with Gasteiger partial charge in [0.1, 0.15) is 18.8 Å². The predicted octanol–water partition coefficient (Wildman–Crippen LogP) is -0.171. The molecule has 0 saturated heterocycles. The summed E-state index contributed by atoms with van der Waals surface area (Å²) in [7, 11) is 0. The molecule has 0 fully saturated rings. The third-order valence-electron chi connectivity index (χ3n) is 3.36. The first-order valence-corrected chi connectivity index (χ1v) is 7.33. The summed E-state index contributed by atoms with van der Waals surface area (Å²) >= 11 is 0. The average molecular weight is 335 g/mol. The van der Waals surface area contributed by atoms with Gasteiger partial charge in [-0.3, -0.25) is 19.1 Å². The topological polar surface area (TPSA) is 116 Å². The second kappa shape index (κ2) is 8.86. The molecule has 8 heteroatoms. The van der Waals surface area contributed by atoms with Gasteiger partial charge in [-0.2, -0.15) is 0 Å². The van der Waals surface area contributed by atoms with E-state index in [0.717, 1.165) is 0 Å². The fraction of sp³-hybridized carbons (Fsp3) is 0.438. The lowest BCUT2D eigenvalue weighted by molar-refractivity contribution is -0.149. The van der Waals surface area contributed by atoms with E-state index in [2.05, 4.69) is 17.8 Å². The quantitative estimate of drug-likeness (QED) is 0.438. The average Bonchev–Trinajstić information content (AvgIpc) is 3.05. The summed E-state index contributed by atoms with van der Waals surface area (Å²) in [5.74, 6) is -0.486. The number of hydrogen-bond acceptors (Lipinski definition) is 6. The Morgan fingerprint density at radius 1 is 1.46 bits per heavy atom. The molecule has 0 amide bonds. The molecule has 0 aliphatic carbocycles. The highest BCUT2D eigenvalue weighted by Crippen LogP contribution is 2.19. The predicted molar refractivity (Wildman–Crippen MR) is 88.2 cm³/mol. The van der Waals surface area contributed by atoms with Crippen LogP contribution >= 0.6 is 0 Å². The highest BCUT2D eigenvalue weighted by atomic mass is 16.6. The fourth-order valence-electron chi connectivity index (χ4n) is 1.96. The second-order valence-corrected chi connectivity index (χ2v) is 5.07. The Hall–Kier alpha value is -2.63. The van der Waals surface area contributed by atoms with Crippen LogP contribution in [0.3, 0.4) is 0 Å². The number of carbonyl (C=O) groups is 1. The summed E-state index contributed by atoms with van der Waals surface area (Å²) < 4.78 is 11.9. The van der Waals surface area contributed by atoms with Crippen LogP contribution in [0, 0.1) is 19.8 Å². The second-order valence-electron chi connectivity index (χ2n) is 5.07. The monoisotopic (exact) mass is 335 g/mol. The van der Waals surface area contributed by atoms with E-state index in [4.69, 9.17) is 15.2 Å². The van der Waals surface area contributed by atoms with Gasteiger partial charge in [-0.15, -0.1) is 12.8 Å². The number of terminal acetylenes is 1. The molecule has 3 N–H and O–H groups in total. The highest BCUT2D eigenvalue weighted by molar-refractivity contribution is 5.75. The third kappa shape index (κ3) is 4.68. The maximum absolute atomic E-state index is 11.8. The number of hydrogen-bond donors (Lipinski definition) is 2. The Kier molecular flexibility index (Phi) is 7.17. The zero-order valence-electron chi connectivity index (χ0n) is 13.6. The smallest absolute Gasteiger partial charge is 0.330 e. The number of carbonyl (C=O) groups excluding carboxylic acids is 1. The van der Waals surface area contributed by atoms with E-state index in [1.54, 1.807) is 26.0 Å². The molecule has 1 aromatic rings. The first kappa shape index (κ1) is 19.4. The fourth-order valence-corrected chi connectivity index (χ4v) is 1.96. The number of aromatic nitrogens is 2. The Balaban J connectivity index is 0.00000139. The molecule has 0 radical (unpaired) electrons. The summed E-state index contributed by atoms with van der Waals surface area (Å²) in [4.78, 5) is 36.8. The number of aromatic amines is 1. The molecule has 3 unspecified atom stereocenters. The molecule has 8 nitrogen and oxygen atoms in total. The zero-order valence-corrected chi connectivity index (χ0v) is 13.6. The molecule has 2 rings (SSSR count). The minimum absolute atomic E-state index is 0.0244. The van der Waals surface area contributed by atoms with Gasteiger partial charge in [-0.1, -0.05) is 13.0 Å². The number of nitrogens with two attached hydrogens (primary N) is 1. The molecular weight excluding hydrogens is 314 g/mol. The number of aryl methyl sites for hydroxylation is 1. The van der Waals surface area contributed by atoms with E-state index in [9.17, 15) is 14.4 Å². The molecule has 0 bridgehead atoms. The lowest BCUT2D eigenvalue weighted by Crippen LogP contribution is -2.35. The number of ether oxygens (including phenoxy) is 2. The van der Waals surface area contributed by atoms with Gasteiger partial charge in [0.05, 0.1) is 0 Å². The summed E-state index contributed by atoms with van der Waals surface area (Å²) in [5.41, 5.74) is 4.97. The van der Waals surface area contributed by atoms with Crippen molar-refractivity contribution in [3.8, 4) is 12.8 Å². The van der Waals surface area contributed by atoms with Crippen molar-refractivity contribution in [2.24, 2.45) is 5.73 Å². The number of esters is 1. The molecule has 2 heterocycles. The van der Waals surface area contributed by atoms with Crippen LogP contribution < -0.4 is 17.0 Å². The van der Waals surface area contributed by atoms with Crippen LogP contribution in [-0.2, 0) is 14.3 Å². The molecular formula is C16H21N3O5. The van der Waals surface area contributed by atoms with Crippen molar-refractivity contribution in [3.63, 3.8) is 0 Å². The van der Waals surface area contributed by atoms with E-state index in [1.165, 1.54) is 10.8 Å². The van der Waals surface area contributed by atoms with Gasteiger partial charge in [0.15, 0.2) is 6.23 Å². The van der Waals surface area contributed by atoms with E-state index >= 15 is 0 Å². The van der Waals surface area contributed by atoms with Gasteiger partial charge in [0.25, 0.3) is 5.56 Å². The van der Waals surface area contributed by atoms with Crippen LogP contribution in [0.5, 0.6) is 0 Å². The van der Waals surface area contributed by atoms with E-state index in [-0.39, 0.29) is 6.61 Å². The van der Waals surface area contributed by atoms with Crippen molar-refractivity contribution < 1.29 is 14.3 Å². The van der Waals surface area contributed by atoms with Gasteiger partial charge in [-0.25, -0.2) is 4.79 Å². The first-order chi connectivity index (χ1) is 11.4. The van der Waals surface area contributed by atoms with Crippen LogP contribution in [0.25, 0.3) is 0 Å². The summed E-state index contributed by atoms with van der Waals surface area (Å²) in [6.45, 7) is 3.41. The third-order valence-corrected chi connectivity index (χ3v) is 3.36. The molecule has 0 aromatic carbocycles. The molecule has 130 valence electrons. The number of rotatable bonds is 5. The summed E-state index contributed by atoms with van der Waals surface area (Å²) in [6.07, 6.45) is 12.2. The van der Waals surface area contributed by atoms with Crippen LogP contribution in [0.4, 0.5) is 0 Å². The zero-order chi connectivity index (χ0) is 18.3. The molecule has 1 aliphatic rings. The van der Waals surface area contributed by atoms with E-state index in [0.29, 0.717) is 12.0 Å². The van der Waals surface area contributed by atoms with Crippen molar-refractivity contribution in [1.82, 2.24) is 9.55 Å². The van der Waals surface area contributed by atoms with Crippen LogP contribution in [0.2, 0.25) is 0 Å². The van der Waals surface area contributed by atoms with E-state index < -0.39 is 35.6 Å². The van der Waals surface area contributed by atoms with Crippen molar-refractivity contribution >= 4 is 5.97 Å². The van der Waals surface area contributed by atoms with Gasteiger partial charge < -0.3 is 15.2 Å². The molecule has 3 atom stereocenters. The minimum atomic E-state index is -0.648. The molecule has 1 aromatic heterocycles. The largest absolute Gasteiger partial charge is 0.461 e. The minimum Gasteiger partial charge on any atom is -0.461 e. The standard InChI is InChI=1S/C14H19N3O5.C2H2/c1-3-10(15)13(19)21-7-9-4-5-11(22-9)17-6-8(2)12(18)16-14(17)20;1-2/h4-6,9-11H,3,7,15H2,1-2H3,(H,16,18,20);1-2H. The molecule has 0 spiro atoms. The maximum Gasteiger partial charge on any atom is 0.330 e. The van der Waals surface area contributed by atoms with Gasteiger partial charge >= 0.3 is 11.7 Å². The number of H-pyrrole nitrogens is 1. The normalized spacial score (nSPS) is 20.0. The SMILES string of the molecule is C#C.CCC(N)C(=O)OCC1C=CC(n2cc(C)c(=O)[nH]c2=O)O1. The van der Waals surface area contributed by atoms with Crippen molar-refractivity contribution in [2.45, 2.75) is 38.6 Å². The Morgan fingerprint density at radius 3 is 2.75 bits per heavy atom. The van der Waals surface area contributed by atoms with Gasteiger partial charge in [0, 0.05) is 11.8 Å². The number of nitrogens with one attached hydrogen (secondary N) is 1. The Morgan fingerprint density at radius 2 is 2.12 bits per heavy atom. The molecule has 0 saturated carbocycles. The van der Waals surface area contributed by atoms with Crippen molar-refractivity contribution in [1.29, 1.82) is 0 Å². The van der Waals surface area contributed by atoms with Crippen LogP contribution in [-0.4, -0.2) is 34.3 Å².